The Labute approximate surface area is 187 Å². The average Bonchev–Trinajstić information content (AvgIpc) is 3.26. The Morgan fingerprint density at radius 2 is 1.94 bits per heavy atom. The van der Waals surface area contributed by atoms with Crippen molar-refractivity contribution in [3.05, 3.63) is 46.8 Å². The minimum Gasteiger partial charge on any atom is -0.508 e. The first-order chi connectivity index (χ1) is 15.9. The summed E-state index contributed by atoms with van der Waals surface area (Å²) in [5, 5.41) is 29.4. The zero-order chi connectivity index (χ0) is 23.5. The van der Waals surface area contributed by atoms with Gasteiger partial charge in [0.05, 0.1) is 12.2 Å². The maximum atomic E-state index is 12.3. The van der Waals surface area contributed by atoms with Crippen molar-refractivity contribution in [1.29, 1.82) is 0 Å². The van der Waals surface area contributed by atoms with E-state index in [9.17, 15) is 19.8 Å². The topological polar surface area (TPSA) is 163 Å². The Morgan fingerprint density at radius 3 is 2.67 bits per heavy atom. The summed E-state index contributed by atoms with van der Waals surface area (Å²) in [4.78, 5) is 30.6. The van der Waals surface area contributed by atoms with Gasteiger partial charge in [-0.3, -0.25) is 4.79 Å². The molecule has 0 amide bonds. The normalized spacial score (nSPS) is 11.9. The van der Waals surface area contributed by atoms with E-state index in [0.717, 1.165) is 0 Å². The third-order valence-corrected chi connectivity index (χ3v) is 4.88. The molecule has 33 heavy (non-hydrogen) atoms. The second-order valence-corrected chi connectivity index (χ2v) is 7.12. The van der Waals surface area contributed by atoms with Crippen LogP contribution in [-0.4, -0.2) is 54.3 Å². The van der Waals surface area contributed by atoms with E-state index in [1.165, 1.54) is 12.1 Å². The van der Waals surface area contributed by atoms with Crippen LogP contribution in [0.5, 0.6) is 17.2 Å². The second-order valence-electron chi connectivity index (χ2n) is 7.12. The highest BCUT2D eigenvalue weighted by atomic mass is 16.5. The number of fused-ring (bicyclic) bond motifs is 1. The number of aromatic amines is 2. The number of carboxylic acids is 1. The summed E-state index contributed by atoms with van der Waals surface area (Å²) in [7, 11) is 0. The molecule has 0 saturated carbocycles. The zero-order valence-electron chi connectivity index (χ0n) is 17.8. The molecule has 0 aliphatic heterocycles. The maximum Gasteiger partial charge on any atom is 0.344 e. The van der Waals surface area contributed by atoms with Gasteiger partial charge in [-0.05, 0) is 48.7 Å². The minimum absolute atomic E-state index is 0.0766. The summed E-state index contributed by atoms with van der Waals surface area (Å²) in [5.74, 6) is -0.223. The third kappa shape index (κ3) is 4.47. The van der Waals surface area contributed by atoms with Crippen molar-refractivity contribution >= 4 is 17.1 Å². The molecule has 0 bridgehead atoms. The lowest BCUT2D eigenvalue weighted by atomic mass is 10.0. The van der Waals surface area contributed by atoms with E-state index in [4.69, 9.17) is 9.47 Å². The highest BCUT2D eigenvalue weighted by Gasteiger charge is 2.18. The number of nitrogens with one attached hydrogen (secondary N) is 2. The predicted molar refractivity (Wildman–Crippen MR) is 118 cm³/mol. The largest absolute Gasteiger partial charge is 0.508 e. The van der Waals surface area contributed by atoms with Crippen LogP contribution in [-0.2, 0) is 4.79 Å². The number of aliphatic carboxylic acids is 1. The van der Waals surface area contributed by atoms with Gasteiger partial charge in [0.1, 0.15) is 23.1 Å². The summed E-state index contributed by atoms with van der Waals surface area (Å²) in [6.07, 6.45) is -0.764. The van der Waals surface area contributed by atoms with Crippen LogP contribution in [0.1, 0.15) is 20.3 Å². The number of carbonyl (C=O) groups is 1. The monoisotopic (exact) mass is 451 g/mol. The predicted octanol–water partition coefficient (Wildman–Crippen LogP) is 2.72. The fourth-order valence-electron chi connectivity index (χ4n) is 3.35. The van der Waals surface area contributed by atoms with E-state index in [1.54, 1.807) is 31.2 Å². The molecule has 11 nitrogen and oxygen atoms in total. The number of phenols is 1. The van der Waals surface area contributed by atoms with Gasteiger partial charge in [0.2, 0.25) is 5.65 Å². The van der Waals surface area contributed by atoms with Crippen molar-refractivity contribution in [2.75, 3.05) is 6.61 Å². The molecule has 0 spiro atoms. The molecule has 170 valence electrons. The molecule has 0 aliphatic rings. The van der Waals surface area contributed by atoms with Crippen molar-refractivity contribution in [3.8, 4) is 39.8 Å². The molecular weight excluding hydrogens is 430 g/mol. The van der Waals surface area contributed by atoms with Crippen LogP contribution in [0.2, 0.25) is 0 Å². The molecule has 0 aliphatic carbocycles. The molecule has 2 aromatic heterocycles. The molecule has 0 fully saturated rings. The van der Waals surface area contributed by atoms with Gasteiger partial charge >= 0.3 is 5.97 Å². The maximum absolute atomic E-state index is 12.3. The standard InChI is InChI=1S/C22H21N5O6/c1-3-16(22(30)31)33-14-8-12(7-13(28)10-14)11-5-6-15(17(9-11)32-4-2)19-23-20-18(21(29)24-19)25-27-26-20/h5-10,16,28H,3-4H2,1-2H3,(H,30,31)(H2,23,24,25,26,27,29). The van der Waals surface area contributed by atoms with Crippen LogP contribution < -0.4 is 15.0 Å². The van der Waals surface area contributed by atoms with Gasteiger partial charge in [0.15, 0.2) is 11.6 Å². The quantitative estimate of drug-likeness (QED) is 0.315. The Morgan fingerprint density at radius 1 is 1.12 bits per heavy atom. The lowest BCUT2D eigenvalue weighted by Crippen LogP contribution is -2.25. The Bertz CT molecular complexity index is 1380. The molecule has 11 heteroatoms. The number of aromatic hydroxyl groups is 1. The second kappa shape index (κ2) is 8.99. The summed E-state index contributed by atoms with van der Waals surface area (Å²) >= 11 is 0. The first kappa shape index (κ1) is 21.8. The van der Waals surface area contributed by atoms with Crippen molar-refractivity contribution in [1.82, 2.24) is 25.4 Å². The van der Waals surface area contributed by atoms with Gasteiger partial charge in [-0.1, -0.05) is 13.0 Å². The van der Waals surface area contributed by atoms with Gasteiger partial charge in [0.25, 0.3) is 5.56 Å². The lowest BCUT2D eigenvalue weighted by molar-refractivity contribution is -0.145. The van der Waals surface area contributed by atoms with E-state index >= 15 is 0 Å². The van der Waals surface area contributed by atoms with Crippen molar-refractivity contribution in [2.24, 2.45) is 0 Å². The summed E-state index contributed by atoms with van der Waals surface area (Å²) in [5.41, 5.74) is 1.65. The van der Waals surface area contributed by atoms with Crippen molar-refractivity contribution in [3.63, 3.8) is 0 Å². The number of ether oxygens (including phenoxy) is 2. The van der Waals surface area contributed by atoms with E-state index in [0.29, 0.717) is 29.0 Å². The van der Waals surface area contributed by atoms with Crippen LogP contribution in [0.25, 0.3) is 33.7 Å². The summed E-state index contributed by atoms with van der Waals surface area (Å²) < 4.78 is 11.3. The molecule has 2 heterocycles. The first-order valence-electron chi connectivity index (χ1n) is 10.2. The van der Waals surface area contributed by atoms with Crippen LogP contribution >= 0.6 is 0 Å². The van der Waals surface area contributed by atoms with Gasteiger partial charge in [0, 0.05) is 6.07 Å². The van der Waals surface area contributed by atoms with Crippen LogP contribution in [0.4, 0.5) is 0 Å². The molecule has 1 unspecified atom stereocenters. The first-order valence-corrected chi connectivity index (χ1v) is 10.2. The number of hydrogen-bond donors (Lipinski definition) is 4. The van der Waals surface area contributed by atoms with Gasteiger partial charge < -0.3 is 24.7 Å². The lowest BCUT2D eigenvalue weighted by Gasteiger charge is -2.15. The van der Waals surface area contributed by atoms with E-state index < -0.39 is 17.6 Å². The minimum atomic E-state index is -1.09. The summed E-state index contributed by atoms with van der Waals surface area (Å²) in [6.45, 7) is 3.88. The van der Waals surface area contributed by atoms with Crippen LogP contribution in [0.15, 0.2) is 41.2 Å². The van der Waals surface area contributed by atoms with E-state index in [2.05, 4.69) is 25.4 Å². The molecule has 2 aromatic carbocycles. The molecule has 4 rings (SSSR count). The molecule has 1 atom stereocenters. The number of hydrogen-bond acceptors (Lipinski definition) is 8. The van der Waals surface area contributed by atoms with E-state index in [-0.39, 0.29) is 34.9 Å². The fourth-order valence-corrected chi connectivity index (χ4v) is 3.35. The molecule has 4 aromatic rings. The molecule has 4 N–H and O–H groups in total. The molecular formula is C22H21N5O6. The third-order valence-electron chi connectivity index (χ3n) is 4.88. The van der Waals surface area contributed by atoms with Crippen molar-refractivity contribution < 1.29 is 24.5 Å². The summed E-state index contributed by atoms with van der Waals surface area (Å²) in [6, 6.07) is 9.74. The van der Waals surface area contributed by atoms with Crippen LogP contribution in [0.3, 0.4) is 0 Å². The number of aromatic nitrogens is 5. The Kier molecular flexibility index (Phi) is 5.94. The smallest absolute Gasteiger partial charge is 0.344 e. The average molecular weight is 451 g/mol. The number of rotatable bonds is 8. The molecule has 0 radical (unpaired) electrons. The number of benzene rings is 2. The van der Waals surface area contributed by atoms with Gasteiger partial charge in [-0.15, -0.1) is 10.2 Å². The number of H-pyrrole nitrogens is 2. The Balaban J connectivity index is 1.76. The SMILES string of the molecule is CCOc1cc(-c2cc(O)cc(OC(CC)C(=O)O)c2)ccc1-c1nc2n[nH]nc2c(=O)[nH]1. The number of nitrogens with zero attached hydrogens (tertiary/aromatic N) is 3. The highest BCUT2D eigenvalue weighted by molar-refractivity contribution is 5.77. The molecule has 0 saturated heterocycles. The highest BCUT2D eigenvalue weighted by Crippen LogP contribution is 2.36. The zero-order valence-corrected chi connectivity index (χ0v) is 17.8. The van der Waals surface area contributed by atoms with Gasteiger partial charge in [-0.25, -0.2) is 9.78 Å². The Hall–Kier alpha value is -4.41. The number of carboxylic acid groups (broad SMARTS) is 1. The van der Waals surface area contributed by atoms with Crippen LogP contribution in [0, 0.1) is 0 Å². The fraction of sp³-hybridized carbons (Fsp3) is 0.227. The van der Waals surface area contributed by atoms with Gasteiger partial charge in [-0.2, -0.15) is 5.21 Å². The number of phenolic OH excluding ortho intramolecular Hbond substituents is 1. The van der Waals surface area contributed by atoms with Crippen molar-refractivity contribution in [2.45, 2.75) is 26.4 Å². The van der Waals surface area contributed by atoms with E-state index in [1.807, 2.05) is 6.92 Å².